The number of aryl methyl sites for hydroxylation is 1. The second-order valence-electron chi connectivity index (χ2n) is 4.26. The van der Waals surface area contributed by atoms with Crippen LogP contribution in [0.3, 0.4) is 0 Å². The molecule has 0 saturated carbocycles. The van der Waals surface area contributed by atoms with Crippen molar-refractivity contribution in [2.45, 2.75) is 13.8 Å². The maximum atomic E-state index is 11.6. The van der Waals surface area contributed by atoms with E-state index >= 15 is 0 Å². The molecule has 0 spiro atoms. The molecule has 2 aromatic rings. The molecule has 0 unspecified atom stereocenters. The Morgan fingerprint density at radius 3 is 2.65 bits per heavy atom. The van der Waals surface area contributed by atoms with Crippen molar-refractivity contribution >= 4 is 29.5 Å². The van der Waals surface area contributed by atoms with E-state index in [1.54, 1.807) is 30.5 Å². The molecule has 2 heterocycles. The molecular formula is C14H13N3O2S. The number of carbonyl (C=O) groups is 2. The molecule has 1 amide bonds. The fourth-order valence-electron chi connectivity index (χ4n) is 1.78. The Balaban J connectivity index is 2.53. The number of nitrogens with one attached hydrogen (secondary N) is 1. The number of hydrogen-bond donors (Lipinski definition) is 2. The Morgan fingerprint density at radius 1 is 1.25 bits per heavy atom. The van der Waals surface area contributed by atoms with E-state index in [1.165, 1.54) is 6.92 Å². The van der Waals surface area contributed by atoms with Crippen molar-refractivity contribution in [1.29, 1.82) is 0 Å². The summed E-state index contributed by atoms with van der Waals surface area (Å²) in [5.41, 5.74) is 2.43. The average molecular weight is 287 g/mol. The van der Waals surface area contributed by atoms with Crippen molar-refractivity contribution in [3.8, 4) is 11.3 Å². The van der Waals surface area contributed by atoms with Gasteiger partial charge in [-0.2, -0.15) is 0 Å². The highest BCUT2D eigenvalue weighted by atomic mass is 32.1. The van der Waals surface area contributed by atoms with Crippen LogP contribution in [-0.4, -0.2) is 21.0 Å². The van der Waals surface area contributed by atoms with Crippen LogP contribution >= 0.6 is 12.6 Å². The molecule has 0 aliphatic rings. The van der Waals surface area contributed by atoms with Gasteiger partial charge in [0.25, 0.3) is 0 Å². The van der Waals surface area contributed by atoms with Gasteiger partial charge in [0, 0.05) is 24.4 Å². The van der Waals surface area contributed by atoms with E-state index in [-0.39, 0.29) is 11.0 Å². The minimum atomic E-state index is -0.356. The monoisotopic (exact) mass is 287 g/mol. The molecule has 0 aliphatic carbocycles. The predicted molar refractivity (Wildman–Crippen MR) is 79.8 cm³/mol. The van der Waals surface area contributed by atoms with Crippen LogP contribution in [-0.2, 0) is 4.79 Å². The molecule has 5 nitrogen and oxygen atoms in total. The Hall–Kier alpha value is -2.21. The van der Waals surface area contributed by atoms with E-state index in [1.807, 2.05) is 6.92 Å². The Morgan fingerprint density at radius 2 is 2.00 bits per heavy atom. The zero-order valence-electron chi connectivity index (χ0n) is 11.0. The molecule has 0 bridgehead atoms. The normalized spacial score (nSPS) is 10.2. The molecule has 0 aliphatic heterocycles. The Bertz CT molecular complexity index is 686. The van der Waals surface area contributed by atoms with Crippen LogP contribution in [0.2, 0.25) is 0 Å². The van der Waals surface area contributed by atoms with Crippen molar-refractivity contribution in [2.75, 3.05) is 5.32 Å². The van der Waals surface area contributed by atoms with Gasteiger partial charge in [-0.05, 0) is 31.2 Å². The number of aromatic nitrogens is 2. The van der Waals surface area contributed by atoms with Crippen LogP contribution in [0, 0.1) is 6.92 Å². The summed E-state index contributed by atoms with van der Waals surface area (Å²) in [4.78, 5) is 31.0. The zero-order valence-corrected chi connectivity index (χ0v) is 11.9. The second-order valence-corrected chi connectivity index (χ2v) is 4.67. The summed E-state index contributed by atoms with van der Waals surface area (Å²) >= 11 is 3.86. The van der Waals surface area contributed by atoms with Gasteiger partial charge in [-0.1, -0.05) is 0 Å². The molecule has 6 heteroatoms. The highest BCUT2D eigenvalue weighted by Crippen LogP contribution is 2.24. The number of nitrogens with zero attached hydrogens (tertiary/aromatic N) is 2. The number of thiol groups is 1. The summed E-state index contributed by atoms with van der Waals surface area (Å²) < 4.78 is 0. The van der Waals surface area contributed by atoms with E-state index in [4.69, 9.17) is 0 Å². The van der Waals surface area contributed by atoms with Crippen molar-refractivity contribution in [2.24, 2.45) is 0 Å². The fraction of sp³-hybridized carbons (Fsp3) is 0.143. The molecule has 0 aromatic carbocycles. The summed E-state index contributed by atoms with van der Waals surface area (Å²) in [7, 11) is 0. The molecule has 1 N–H and O–H groups in total. The average Bonchev–Trinajstić information content (AvgIpc) is 2.37. The highest BCUT2D eigenvalue weighted by Gasteiger charge is 2.12. The van der Waals surface area contributed by atoms with Crippen LogP contribution in [0.25, 0.3) is 11.3 Å². The van der Waals surface area contributed by atoms with Crippen LogP contribution in [0.1, 0.15) is 23.0 Å². The van der Waals surface area contributed by atoms with Crippen molar-refractivity contribution in [3.05, 3.63) is 41.7 Å². The summed E-state index contributed by atoms with van der Waals surface area (Å²) in [6.45, 7) is 3.24. The molecule has 0 fully saturated rings. The zero-order chi connectivity index (χ0) is 14.7. The van der Waals surface area contributed by atoms with E-state index in [2.05, 4.69) is 27.9 Å². The van der Waals surface area contributed by atoms with E-state index in [0.717, 1.165) is 5.69 Å². The third-order valence-corrected chi connectivity index (χ3v) is 2.84. The number of carbonyl (C=O) groups excluding carboxylic acids is 2. The van der Waals surface area contributed by atoms with E-state index < -0.39 is 0 Å². The SMILES string of the molecule is CC(=O)Nc1cc(-c2nc(C)ccc2C(=O)S)ccn1. The molecule has 2 aromatic heterocycles. The largest absolute Gasteiger partial charge is 0.311 e. The van der Waals surface area contributed by atoms with Crippen molar-refractivity contribution in [3.63, 3.8) is 0 Å². The molecular weight excluding hydrogens is 274 g/mol. The van der Waals surface area contributed by atoms with Gasteiger partial charge >= 0.3 is 0 Å². The first kappa shape index (κ1) is 14.2. The Kier molecular flexibility index (Phi) is 4.14. The lowest BCUT2D eigenvalue weighted by Gasteiger charge is -2.08. The van der Waals surface area contributed by atoms with Gasteiger partial charge in [0.1, 0.15) is 5.82 Å². The third-order valence-electron chi connectivity index (χ3n) is 2.60. The van der Waals surface area contributed by atoms with Gasteiger partial charge in [0.2, 0.25) is 11.0 Å². The van der Waals surface area contributed by atoms with E-state index in [0.29, 0.717) is 22.6 Å². The molecule has 102 valence electrons. The molecule has 0 radical (unpaired) electrons. The van der Waals surface area contributed by atoms with Gasteiger partial charge in [0.05, 0.1) is 11.3 Å². The van der Waals surface area contributed by atoms with E-state index in [9.17, 15) is 9.59 Å². The fourth-order valence-corrected chi connectivity index (χ4v) is 1.96. The third kappa shape index (κ3) is 3.21. The Labute approximate surface area is 121 Å². The van der Waals surface area contributed by atoms with Crippen LogP contribution in [0.15, 0.2) is 30.5 Å². The minimum absolute atomic E-state index is 0.211. The summed E-state index contributed by atoms with van der Waals surface area (Å²) in [6, 6.07) is 6.84. The van der Waals surface area contributed by atoms with Crippen LogP contribution in [0.5, 0.6) is 0 Å². The second kappa shape index (κ2) is 5.83. The molecule has 0 atom stereocenters. The first-order valence-electron chi connectivity index (χ1n) is 5.92. The van der Waals surface area contributed by atoms with Gasteiger partial charge in [-0.25, -0.2) is 4.98 Å². The van der Waals surface area contributed by atoms with Crippen molar-refractivity contribution in [1.82, 2.24) is 9.97 Å². The lowest BCUT2D eigenvalue weighted by Crippen LogP contribution is -2.07. The summed E-state index contributed by atoms with van der Waals surface area (Å²) in [6.07, 6.45) is 1.55. The number of rotatable bonds is 3. The summed E-state index contributed by atoms with van der Waals surface area (Å²) in [5.74, 6) is 0.202. The molecule has 0 saturated heterocycles. The topological polar surface area (TPSA) is 72.0 Å². The number of pyridine rings is 2. The smallest absolute Gasteiger partial charge is 0.222 e. The standard InChI is InChI=1S/C14H13N3O2S/c1-8-3-4-11(14(19)20)13(16-8)10-5-6-15-12(7-10)17-9(2)18/h3-7H,1-2H3,(H,19,20)(H,15,17,18). The van der Waals surface area contributed by atoms with Gasteiger partial charge < -0.3 is 5.32 Å². The maximum absolute atomic E-state index is 11.6. The quantitative estimate of drug-likeness (QED) is 0.851. The minimum Gasteiger partial charge on any atom is -0.311 e. The van der Waals surface area contributed by atoms with Gasteiger partial charge in [-0.15, -0.1) is 12.6 Å². The first-order valence-corrected chi connectivity index (χ1v) is 6.37. The first-order chi connectivity index (χ1) is 9.47. The predicted octanol–water partition coefficient (Wildman–Crippen LogP) is 2.48. The highest BCUT2D eigenvalue weighted by molar-refractivity contribution is 7.97. The van der Waals surface area contributed by atoms with Gasteiger partial charge in [-0.3, -0.25) is 14.6 Å². The van der Waals surface area contributed by atoms with Crippen molar-refractivity contribution < 1.29 is 9.59 Å². The number of hydrogen-bond acceptors (Lipinski definition) is 4. The molecule has 20 heavy (non-hydrogen) atoms. The number of amides is 1. The lowest BCUT2D eigenvalue weighted by atomic mass is 10.1. The van der Waals surface area contributed by atoms with Crippen LogP contribution in [0.4, 0.5) is 5.82 Å². The van der Waals surface area contributed by atoms with Gasteiger partial charge in [0.15, 0.2) is 0 Å². The maximum Gasteiger partial charge on any atom is 0.222 e. The molecule has 2 rings (SSSR count). The number of anilines is 1. The lowest BCUT2D eigenvalue weighted by molar-refractivity contribution is -0.114. The summed E-state index contributed by atoms with van der Waals surface area (Å²) in [5, 5.41) is 2.24. The van der Waals surface area contributed by atoms with Crippen LogP contribution < -0.4 is 5.32 Å².